The van der Waals surface area contributed by atoms with Crippen LogP contribution in [0.4, 0.5) is 10.1 Å². The van der Waals surface area contributed by atoms with E-state index in [-0.39, 0.29) is 12.4 Å². The third kappa shape index (κ3) is 3.51. The van der Waals surface area contributed by atoms with Gasteiger partial charge in [-0.15, -0.1) is 0 Å². The second-order valence-electron chi connectivity index (χ2n) is 4.97. The number of rotatable bonds is 4. The fraction of sp³-hybridized carbons (Fsp3) is 0.250. The summed E-state index contributed by atoms with van der Waals surface area (Å²) in [5, 5.41) is 0. The van der Waals surface area contributed by atoms with Crippen LogP contribution in [0.15, 0.2) is 40.9 Å². The molecule has 0 saturated carbocycles. The first-order valence-corrected chi connectivity index (χ1v) is 7.23. The van der Waals surface area contributed by atoms with Gasteiger partial charge in [0, 0.05) is 15.7 Å². The number of nitrogen functional groups attached to an aromatic ring is 1. The summed E-state index contributed by atoms with van der Waals surface area (Å²) in [6.45, 7) is 4.46. The number of anilines is 1. The van der Waals surface area contributed by atoms with Crippen molar-refractivity contribution in [3.05, 3.63) is 57.8 Å². The largest absolute Gasteiger partial charge is 0.489 e. The Kier molecular flexibility index (Phi) is 4.65. The highest BCUT2D eigenvalue weighted by Gasteiger charge is 2.10. The smallest absolute Gasteiger partial charge is 0.123 e. The van der Waals surface area contributed by atoms with Crippen molar-refractivity contribution in [1.82, 2.24) is 0 Å². The van der Waals surface area contributed by atoms with Crippen LogP contribution in [0.25, 0.3) is 0 Å². The topological polar surface area (TPSA) is 35.2 Å². The summed E-state index contributed by atoms with van der Waals surface area (Å²) in [7, 11) is 0. The minimum Gasteiger partial charge on any atom is -0.489 e. The molecule has 0 spiro atoms. The molecule has 0 heterocycles. The molecule has 0 unspecified atom stereocenters. The molecule has 2 aromatic rings. The van der Waals surface area contributed by atoms with Crippen LogP contribution in [-0.2, 0) is 6.61 Å². The van der Waals surface area contributed by atoms with Crippen molar-refractivity contribution < 1.29 is 9.13 Å². The molecular formula is C16H17BrFNO. The van der Waals surface area contributed by atoms with E-state index >= 15 is 0 Å². The standard InChI is InChI=1S/C16H17BrFNO/c1-10(2)14-8-12(17)3-6-16(14)20-9-11-7-13(18)4-5-15(11)19/h3-8,10H,9,19H2,1-2H3. The van der Waals surface area contributed by atoms with Gasteiger partial charge in [0.05, 0.1) is 0 Å². The second kappa shape index (κ2) is 6.27. The van der Waals surface area contributed by atoms with Crippen LogP contribution in [0.2, 0.25) is 0 Å². The van der Waals surface area contributed by atoms with Crippen LogP contribution in [0.3, 0.4) is 0 Å². The number of hydrogen-bond donors (Lipinski definition) is 1. The Bertz CT molecular complexity index is 613. The number of hydrogen-bond acceptors (Lipinski definition) is 2. The van der Waals surface area contributed by atoms with E-state index in [1.165, 1.54) is 12.1 Å². The van der Waals surface area contributed by atoms with E-state index in [9.17, 15) is 4.39 Å². The lowest BCUT2D eigenvalue weighted by Crippen LogP contribution is -2.03. The minimum atomic E-state index is -0.308. The van der Waals surface area contributed by atoms with Gasteiger partial charge in [0.1, 0.15) is 18.2 Å². The molecule has 0 saturated heterocycles. The summed E-state index contributed by atoms with van der Waals surface area (Å²) in [5.74, 6) is 0.830. The Morgan fingerprint density at radius 1 is 1.20 bits per heavy atom. The van der Waals surface area contributed by atoms with Gasteiger partial charge >= 0.3 is 0 Å². The summed E-state index contributed by atoms with van der Waals surface area (Å²) >= 11 is 3.46. The van der Waals surface area contributed by atoms with Gasteiger partial charge in [-0.05, 0) is 47.9 Å². The molecule has 2 rings (SSSR count). The number of nitrogens with two attached hydrogens (primary N) is 1. The normalized spacial score (nSPS) is 10.8. The van der Waals surface area contributed by atoms with Crippen LogP contribution in [0.5, 0.6) is 5.75 Å². The van der Waals surface area contributed by atoms with Crippen LogP contribution < -0.4 is 10.5 Å². The average molecular weight is 338 g/mol. The van der Waals surface area contributed by atoms with E-state index in [0.29, 0.717) is 17.2 Å². The molecule has 2 N–H and O–H groups in total. The highest BCUT2D eigenvalue weighted by Crippen LogP contribution is 2.30. The molecule has 0 radical (unpaired) electrons. The Balaban J connectivity index is 2.20. The first-order chi connectivity index (χ1) is 9.47. The Hall–Kier alpha value is -1.55. The third-order valence-electron chi connectivity index (χ3n) is 3.08. The Morgan fingerprint density at radius 3 is 2.65 bits per heavy atom. The Labute approximate surface area is 126 Å². The van der Waals surface area contributed by atoms with Crippen LogP contribution in [0, 0.1) is 5.82 Å². The van der Waals surface area contributed by atoms with Crippen molar-refractivity contribution in [2.45, 2.75) is 26.4 Å². The van der Waals surface area contributed by atoms with E-state index < -0.39 is 0 Å². The molecule has 0 aliphatic heterocycles. The molecule has 0 atom stereocenters. The van der Waals surface area contributed by atoms with E-state index in [4.69, 9.17) is 10.5 Å². The van der Waals surface area contributed by atoms with Crippen molar-refractivity contribution in [2.75, 3.05) is 5.73 Å². The van der Waals surface area contributed by atoms with Crippen molar-refractivity contribution in [3.8, 4) is 5.75 Å². The van der Waals surface area contributed by atoms with E-state index in [2.05, 4.69) is 29.8 Å². The van der Waals surface area contributed by atoms with Crippen molar-refractivity contribution >= 4 is 21.6 Å². The van der Waals surface area contributed by atoms with Crippen LogP contribution in [-0.4, -0.2) is 0 Å². The molecule has 2 aromatic carbocycles. The molecule has 0 aliphatic carbocycles. The second-order valence-corrected chi connectivity index (χ2v) is 5.88. The summed E-state index contributed by atoms with van der Waals surface area (Å²) in [4.78, 5) is 0. The van der Waals surface area contributed by atoms with E-state index in [0.717, 1.165) is 15.8 Å². The van der Waals surface area contributed by atoms with Gasteiger partial charge < -0.3 is 10.5 Å². The van der Waals surface area contributed by atoms with E-state index in [1.54, 1.807) is 6.07 Å². The summed E-state index contributed by atoms with van der Waals surface area (Å²) in [6.07, 6.45) is 0. The fourth-order valence-corrected chi connectivity index (χ4v) is 2.34. The molecule has 0 aromatic heterocycles. The van der Waals surface area contributed by atoms with Gasteiger partial charge in [0.15, 0.2) is 0 Å². The average Bonchev–Trinajstić information content (AvgIpc) is 2.40. The number of ether oxygens (including phenoxy) is 1. The number of benzene rings is 2. The maximum atomic E-state index is 13.2. The summed E-state index contributed by atoms with van der Waals surface area (Å²) in [6, 6.07) is 10.2. The maximum Gasteiger partial charge on any atom is 0.123 e. The van der Waals surface area contributed by atoms with Gasteiger partial charge in [0.2, 0.25) is 0 Å². The predicted octanol–water partition coefficient (Wildman–Crippen LogP) is 4.87. The van der Waals surface area contributed by atoms with Crippen molar-refractivity contribution in [1.29, 1.82) is 0 Å². The Morgan fingerprint density at radius 2 is 1.95 bits per heavy atom. The molecule has 0 bridgehead atoms. The van der Waals surface area contributed by atoms with Gasteiger partial charge in [-0.1, -0.05) is 29.8 Å². The molecule has 0 amide bonds. The maximum absolute atomic E-state index is 13.2. The zero-order valence-corrected chi connectivity index (χ0v) is 13.1. The molecule has 20 heavy (non-hydrogen) atoms. The lowest BCUT2D eigenvalue weighted by molar-refractivity contribution is 0.302. The minimum absolute atomic E-state index is 0.255. The van der Waals surface area contributed by atoms with Crippen LogP contribution in [0.1, 0.15) is 30.9 Å². The third-order valence-corrected chi connectivity index (χ3v) is 3.58. The lowest BCUT2D eigenvalue weighted by Gasteiger charge is -2.15. The van der Waals surface area contributed by atoms with Gasteiger partial charge in [-0.2, -0.15) is 0 Å². The zero-order valence-electron chi connectivity index (χ0n) is 11.5. The molecular weight excluding hydrogens is 321 g/mol. The van der Waals surface area contributed by atoms with Gasteiger partial charge in [-0.25, -0.2) is 4.39 Å². The highest BCUT2D eigenvalue weighted by atomic mass is 79.9. The van der Waals surface area contributed by atoms with Crippen LogP contribution >= 0.6 is 15.9 Å². The molecule has 2 nitrogen and oxygen atoms in total. The van der Waals surface area contributed by atoms with Crippen molar-refractivity contribution in [3.63, 3.8) is 0 Å². The molecule has 0 aliphatic rings. The fourth-order valence-electron chi connectivity index (χ4n) is 1.96. The van der Waals surface area contributed by atoms with E-state index in [1.807, 2.05) is 18.2 Å². The van der Waals surface area contributed by atoms with Crippen molar-refractivity contribution in [2.24, 2.45) is 0 Å². The zero-order chi connectivity index (χ0) is 14.7. The summed E-state index contributed by atoms with van der Waals surface area (Å²) < 4.78 is 20.0. The van der Waals surface area contributed by atoms with Gasteiger partial charge in [0.25, 0.3) is 0 Å². The highest BCUT2D eigenvalue weighted by molar-refractivity contribution is 9.10. The predicted molar refractivity (Wildman–Crippen MR) is 83.4 cm³/mol. The molecule has 4 heteroatoms. The lowest BCUT2D eigenvalue weighted by atomic mass is 10.0. The summed E-state index contributed by atoms with van der Waals surface area (Å²) in [5.41, 5.74) is 8.12. The SMILES string of the molecule is CC(C)c1cc(Br)ccc1OCc1cc(F)ccc1N. The first kappa shape index (κ1) is 14.9. The molecule has 106 valence electrons. The quantitative estimate of drug-likeness (QED) is 0.807. The molecule has 0 fully saturated rings. The number of halogens is 2. The van der Waals surface area contributed by atoms with Gasteiger partial charge in [-0.3, -0.25) is 0 Å². The first-order valence-electron chi connectivity index (χ1n) is 6.43. The monoisotopic (exact) mass is 337 g/mol.